The van der Waals surface area contributed by atoms with E-state index in [9.17, 15) is 4.79 Å². The minimum atomic E-state index is -0.569. The number of carbonyl (C=O) groups excluding carboxylic acids is 1. The number of nitrogens with one attached hydrogen (secondary N) is 1. The van der Waals surface area contributed by atoms with Gasteiger partial charge < -0.3 is 19.5 Å². The van der Waals surface area contributed by atoms with Crippen molar-refractivity contribution in [3.05, 3.63) is 69.3 Å². The van der Waals surface area contributed by atoms with Crippen LogP contribution in [0.2, 0.25) is 0 Å². The minimum absolute atomic E-state index is 0.0646. The van der Waals surface area contributed by atoms with E-state index in [1.807, 2.05) is 56.3 Å². The molecule has 194 valence electrons. The Morgan fingerprint density at radius 2 is 1.95 bits per heavy atom. The number of nitrogens with zero attached hydrogens (tertiary/aromatic N) is 4. The number of halogens is 1. The van der Waals surface area contributed by atoms with Gasteiger partial charge >= 0.3 is 5.97 Å². The maximum atomic E-state index is 13.5. The second kappa shape index (κ2) is 11.3. The van der Waals surface area contributed by atoms with Gasteiger partial charge in [0.15, 0.2) is 11.5 Å². The molecule has 1 atom stereocenters. The lowest BCUT2D eigenvalue weighted by molar-refractivity contribution is -0.146. The number of esters is 1. The molecule has 3 aromatic rings. The molecule has 1 fully saturated rings. The molecule has 0 radical (unpaired) electrons. The number of rotatable bonds is 8. The molecule has 2 aromatic carbocycles. The third-order valence-electron chi connectivity index (χ3n) is 6.63. The van der Waals surface area contributed by atoms with Crippen LogP contribution in [-0.2, 0) is 16.1 Å². The summed E-state index contributed by atoms with van der Waals surface area (Å²) >= 11 is 3.50. The highest BCUT2D eigenvalue weighted by atomic mass is 79.9. The Hall–Kier alpha value is -3.40. The molecule has 1 saturated carbocycles. The van der Waals surface area contributed by atoms with Crippen LogP contribution in [0.4, 0.5) is 5.95 Å². The van der Waals surface area contributed by atoms with E-state index in [1.54, 1.807) is 4.68 Å². The molecule has 37 heavy (non-hydrogen) atoms. The second-order valence-corrected chi connectivity index (χ2v) is 10.2. The Bertz CT molecular complexity index is 1300. The summed E-state index contributed by atoms with van der Waals surface area (Å²) in [6, 6.07) is 13.1. The average Bonchev–Trinajstić information content (AvgIpc) is 3.36. The van der Waals surface area contributed by atoms with E-state index < -0.39 is 6.04 Å². The standard InChI is InChI=1S/C27H30BrN5O4/c1-3-35-23-15-19(12-13-22(23)36-16-18-8-7-9-20(28)14-18)25-24(17(2)29-27-30-31-32-33(25)27)26(34)37-21-10-5-4-6-11-21/h7-9,12-15,21,25H,3-6,10-11,16H2,1-2H3,(H,29,30,32). The molecule has 0 bridgehead atoms. The fraction of sp³-hybridized carbons (Fsp3) is 0.407. The zero-order valence-corrected chi connectivity index (χ0v) is 22.5. The molecule has 5 rings (SSSR count). The highest BCUT2D eigenvalue weighted by Crippen LogP contribution is 2.39. The number of ether oxygens (including phenoxy) is 3. The predicted molar refractivity (Wildman–Crippen MR) is 141 cm³/mol. The number of tetrazole rings is 1. The number of carbonyl (C=O) groups is 1. The van der Waals surface area contributed by atoms with Crippen LogP contribution in [0.15, 0.2) is 58.2 Å². The zero-order valence-electron chi connectivity index (χ0n) is 20.9. The van der Waals surface area contributed by atoms with E-state index in [1.165, 1.54) is 6.42 Å². The van der Waals surface area contributed by atoms with Crippen LogP contribution in [-0.4, -0.2) is 38.9 Å². The molecule has 1 unspecified atom stereocenters. The molecular formula is C27H30BrN5O4. The number of anilines is 1. The van der Waals surface area contributed by atoms with Crippen molar-refractivity contribution in [2.75, 3.05) is 11.9 Å². The first-order valence-electron chi connectivity index (χ1n) is 12.6. The second-order valence-electron chi connectivity index (χ2n) is 9.24. The number of hydrogen-bond donors (Lipinski definition) is 1. The van der Waals surface area contributed by atoms with Gasteiger partial charge in [-0.3, -0.25) is 0 Å². The molecule has 10 heteroatoms. The van der Waals surface area contributed by atoms with E-state index in [0.717, 1.165) is 41.3 Å². The van der Waals surface area contributed by atoms with Gasteiger partial charge in [-0.2, -0.15) is 4.68 Å². The van der Waals surface area contributed by atoms with Crippen LogP contribution in [0.3, 0.4) is 0 Å². The smallest absolute Gasteiger partial charge is 0.338 e. The third-order valence-corrected chi connectivity index (χ3v) is 7.12. The summed E-state index contributed by atoms with van der Waals surface area (Å²) in [7, 11) is 0. The fourth-order valence-corrected chi connectivity index (χ4v) is 5.30. The van der Waals surface area contributed by atoms with Gasteiger partial charge in [0.2, 0.25) is 5.95 Å². The van der Waals surface area contributed by atoms with Crippen molar-refractivity contribution in [2.24, 2.45) is 0 Å². The van der Waals surface area contributed by atoms with Crippen LogP contribution in [0, 0.1) is 0 Å². The first-order valence-corrected chi connectivity index (χ1v) is 13.4. The first-order chi connectivity index (χ1) is 18.0. The van der Waals surface area contributed by atoms with Gasteiger partial charge in [-0.05, 0) is 85.3 Å². The van der Waals surface area contributed by atoms with Crippen molar-refractivity contribution in [3.63, 3.8) is 0 Å². The largest absolute Gasteiger partial charge is 0.490 e. The fourth-order valence-electron chi connectivity index (χ4n) is 4.85. The summed E-state index contributed by atoms with van der Waals surface area (Å²) in [6.45, 7) is 4.62. The molecule has 0 spiro atoms. The van der Waals surface area contributed by atoms with Gasteiger partial charge in [-0.1, -0.05) is 45.6 Å². The molecule has 2 heterocycles. The van der Waals surface area contributed by atoms with Gasteiger partial charge in [-0.25, -0.2) is 4.79 Å². The lowest BCUT2D eigenvalue weighted by atomic mass is 9.94. The monoisotopic (exact) mass is 567 g/mol. The highest BCUT2D eigenvalue weighted by Gasteiger charge is 2.36. The van der Waals surface area contributed by atoms with E-state index in [0.29, 0.717) is 41.9 Å². The van der Waals surface area contributed by atoms with Crippen molar-refractivity contribution in [1.82, 2.24) is 20.2 Å². The van der Waals surface area contributed by atoms with Crippen molar-refractivity contribution >= 4 is 27.8 Å². The van der Waals surface area contributed by atoms with Crippen LogP contribution in [0.25, 0.3) is 0 Å². The van der Waals surface area contributed by atoms with Crippen LogP contribution < -0.4 is 14.8 Å². The summed E-state index contributed by atoms with van der Waals surface area (Å²) in [6.07, 6.45) is 5.06. The topological polar surface area (TPSA) is 100 Å². The summed E-state index contributed by atoms with van der Waals surface area (Å²) in [5.74, 6) is 1.31. The average molecular weight is 568 g/mol. The molecular weight excluding hydrogens is 538 g/mol. The van der Waals surface area contributed by atoms with Crippen LogP contribution >= 0.6 is 15.9 Å². The molecule has 2 aliphatic rings. The Balaban J connectivity index is 1.46. The highest BCUT2D eigenvalue weighted by molar-refractivity contribution is 9.10. The molecule has 0 saturated heterocycles. The quantitative estimate of drug-likeness (QED) is 0.352. The van der Waals surface area contributed by atoms with E-state index >= 15 is 0 Å². The summed E-state index contributed by atoms with van der Waals surface area (Å²) in [5.41, 5.74) is 2.98. The molecule has 1 aliphatic heterocycles. The predicted octanol–water partition coefficient (Wildman–Crippen LogP) is 5.58. The molecule has 9 nitrogen and oxygen atoms in total. The van der Waals surface area contributed by atoms with Crippen LogP contribution in [0.5, 0.6) is 11.5 Å². The Morgan fingerprint density at radius 3 is 2.73 bits per heavy atom. The lowest BCUT2D eigenvalue weighted by Gasteiger charge is -2.30. The lowest BCUT2D eigenvalue weighted by Crippen LogP contribution is -2.32. The molecule has 1 N–H and O–H groups in total. The minimum Gasteiger partial charge on any atom is -0.490 e. The first kappa shape index (κ1) is 25.3. The third kappa shape index (κ3) is 5.64. The Morgan fingerprint density at radius 1 is 1.11 bits per heavy atom. The maximum Gasteiger partial charge on any atom is 0.338 e. The number of allylic oxidation sites excluding steroid dienone is 1. The van der Waals surface area contributed by atoms with Crippen molar-refractivity contribution in [2.45, 2.75) is 64.7 Å². The number of hydrogen-bond acceptors (Lipinski definition) is 8. The van der Waals surface area contributed by atoms with Gasteiger partial charge in [0.1, 0.15) is 18.8 Å². The van der Waals surface area contributed by atoms with Crippen molar-refractivity contribution < 1.29 is 19.0 Å². The van der Waals surface area contributed by atoms with Gasteiger partial charge in [0, 0.05) is 10.2 Å². The summed E-state index contributed by atoms with van der Waals surface area (Å²) in [5, 5.41) is 15.2. The van der Waals surface area contributed by atoms with Crippen molar-refractivity contribution in [1.29, 1.82) is 0 Å². The van der Waals surface area contributed by atoms with Gasteiger partial charge in [0.05, 0.1) is 12.2 Å². The molecule has 1 aromatic heterocycles. The summed E-state index contributed by atoms with van der Waals surface area (Å²) < 4.78 is 20.6. The van der Waals surface area contributed by atoms with Gasteiger partial charge in [0.25, 0.3) is 0 Å². The number of fused-ring (bicyclic) bond motifs is 1. The SMILES string of the molecule is CCOc1cc(C2C(C(=O)OC3CCCCC3)=C(C)Nc3nnnn32)ccc1OCc1cccc(Br)c1. The normalized spacial score (nSPS) is 17.6. The maximum absolute atomic E-state index is 13.5. The number of aromatic nitrogens is 4. The van der Waals surface area contributed by atoms with E-state index in [2.05, 4.69) is 36.8 Å². The van der Waals surface area contributed by atoms with Crippen molar-refractivity contribution in [3.8, 4) is 11.5 Å². The van der Waals surface area contributed by atoms with Crippen LogP contribution in [0.1, 0.15) is 63.1 Å². The Labute approximate surface area is 224 Å². The Kier molecular flexibility index (Phi) is 7.73. The zero-order chi connectivity index (χ0) is 25.8. The van der Waals surface area contributed by atoms with E-state index in [-0.39, 0.29) is 12.1 Å². The van der Waals surface area contributed by atoms with E-state index in [4.69, 9.17) is 14.2 Å². The van der Waals surface area contributed by atoms with Gasteiger partial charge in [-0.15, -0.1) is 0 Å². The molecule has 1 aliphatic carbocycles. The summed E-state index contributed by atoms with van der Waals surface area (Å²) in [4.78, 5) is 13.5. The number of benzene rings is 2. The molecule has 0 amide bonds.